The van der Waals surface area contributed by atoms with Crippen molar-refractivity contribution in [1.82, 2.24) is 9.97 Å². The maximum Gasteiger partial charge on any atom is 0.269 e. The first kappa shape index (κ1) is 20.3. The summed E-state index contributed by atoms with van der Waals surface area (Å²) < 4.78 is 0. The van der Waals surface area contributed by atoms with E-state index in [1.54, 1.807) is 18.6 Å². The fraction of sp³-hybridized carbons (Fsp3) is 0.0800. The average molecular weight is 437 g/mol. The molecule has 1 aromatic heterocycles. The minimum Gasteiger partial charge on any atom is -0.345 e. The molecule has 8 heteroatoms. The molecule has 5 rings (SSSR count). The average Bonchev–Trinajstić information content (AvgIpc) is 3.46. The fourth-order valence-electron chi connectivity index (χ4n) is 3.95. The van der Waals surface area contributed by atoms with Crippen LogP contribution in [0.3, 0.4) is 0 Å². The van der Waals surface area contributed by atoms with Gasteiger partial charge in [-0.15, -0.1) is 0 Å². The predicted molar refractivity (Wildman–Crippen MR) is 126 cm³/mol. The van der Waals surface area contributed by atoms with Crippen molar-refractivity contribution in [2.45, 2.75) is 12.8 Å². The monoisotopic (exact) mass is 437 g/mol. The van der Waals surface area contributed by atoms with E-state index in [0.717, 1.165) is 22.4 Å². The number of anilines is 1. The summed E-state index contributed by atoms with van der Waals surface area (Å²) in [4.78, 5) is 36.0. The van der Waals surface area contributed by atoms with Crippen LogP contribution in [0.15, 0.2) is 84.2 Å². The van der Waals surface area contributed by atoms with E-state index in [4.69, 9.17) is 4.99 Å². The number of hydrogen-bond acceptors (Lipinski definition) is 5. The topological polar surface area (TPSA) is 113 Å². The van der Waals surface area contributed by atoms with Gasteiger partial charge in [-0.1, -0.05) is 42.0 Å². The van der Waals surface area contributed by atoms with Crippen LogP contribution in [0.1, 0.15) is 22.6 Å². The molecule has 33 heavy (non-hydrogen) atoms. The molecule has 0 spiro atoms. The third-order valence-electron chi connectivity index (χ3n) is 5.60. The number of amides is 1. The highest BCUT2D eigenvalue weighted by atomic mass is 16.6. The molecular weight excluding hydrogens is 418 g/mol. The lowest BCUT2D eigenvalue weighted by molar-refractivity contribution is -0.384. The second-order valence-corrected chi connectivity index (χ2v) is 7.83. The van der Waals surface area contributed by atoms with E-state index >= 15 is 0 Å². The predicted octanol–water partition coefficient (Wildman–Crippen LogP) is 5.15. The van der Waals surface area contributed by atoms with Gasteiger partial charge in [-0.25, -0.2) is 4.98 Å². The Kier molecular flexibility index (Phi) is 5.02. The summed E-state index contributed by atoms with van der Waals surface area (Å²) >= 11 is 0. The molecule has 0 bridgehead atoms. The van der Waals surface area contributed by atoms with Crippen molar-refractivity contribution in [2.24, 2.45) is 4.99 Å². The van der Waals surface area contributed by atoms with Crippen LogP contribution in [0.2, 0.25) is 0 Å². The molecule has 8 nitrogen and oxygen atoms in total. The summed E-state index contributed by atoms with van der Waals surface area (Å²) in [6.45, 7) is 1.98. The largest absolute Gasteiger partial charge is 0.345 e. The van der Waals surface area contributed by atoms with Crippen LogP contribution in [0.4, 0.5) is 17.1 Å². The summed E-state index contributed by atoms with van der Waals surface area (Å²) in [7, 11) is 0. The number of aromatic nitrogens is 2. The molecule has 0 radical (unpaired) electrons. The molecule has 2 N–H and O–H groups in total. The van der Waals surface area contributed by atoms with Crippen molar-refractivity contribution in [3.8, 4) is 11.3 Å². The van der Waals surface area contributed by atoms with Crippen molar-refractivity contribution in [3.05, 3.63) is 106 Å². The zero-order chi connectivity index (χ0) is 22.9. The van der Waals surface area contributed by atoms with Gasteiger partial charge in [0.05, 0.1) is 34.5 Å². The van der Waals surface area contributed by atoms with Crippen molar-refractivity contribution in [1.29, 1.82) is 0 Å². The van der Waals surface area contributed by atoms with Crippen molar-refractivity contribution in [2.75, 3.05) is 5.32 Å². The van der Waals surface area contributed by atoms with E-state index in [2.05, 4.69) is 15.3 Å². The Hall–Kier alpha value is -4.59. The number of nitro benzene ring substituents is 1. The molecule has 1 aliphatic rings. The van der Waals surface area contributed by atoms with E-state index in [0.29, 0.717) is 22.6 Å². The molecule has 0 saturated carbocycles. The molecule has 4 aromatic rings. The number of aryl methyl sites for hydroxylation is 1. The number of carbonyl (C=O) groups excluding carboxylic acids is 1. The molecule has 162 valence electrons. The van der Waals surface area contributed by atoms with Gasteiger partial charge in [0.1, 0.15) is 5.92 Å². The number of hydrogen-bond donors (Lipinski definition) is 2. The normalized spacial score (nSPS) is 15.2. The van der Waals surface area contributed by atoms with E-state index in [-0.39, 0.29) is 11.6 Å². The number of benzene rings is 3. The van der Waals surface area contributed by atoms with Crippen molar-refractivity contribution < 1.29 is 9.72 Å². The highest BCUT2D eigenvalue weighted by Gasteiger charge is 2.36. The van der Waals surface area contributed by atoms with Gasteiger partial charge in [-0.05, 0) is 30.7 Å². The number of fused-ring (bicyclic) bond motifs is 1. The lowest BCUT2D eigenvalue weighted by Crippen LogP contribution is -2.22. The van der Waals surface area contributed by atoms with Crippen LogP contribution in [0.25, 0.3) is 11.3 Å². The Morgan fingerprint density at radius 1 is 1.09 bits per heavy atom. The quantitative estimate of drug-likeness (QED) is 0.255. The number of nitrogens with one attached hydrogen (secondary N) is 2. The van der Waals surface area contributed by atoms with Gasteiger partial charge in [0.25, 0.3) is 5.69 Å². The van der Waals surface area contributed by atoms with Gasteiger partial charge >= 0.3 is 0 Å². The Bertz CT molecular complexity index is 1390. The first-order valence-electron chi connectivity index (χ1n) is 10.3. The third kappa shape index (κ3) is 3.89. The Morgan fingerprint density at radius 3 is 2.64 bits per heavy atom. The minimum absolute atomic E-state index is 0.0697. The molecule has 1 unspecified atom stereocenters. The summed E-state index contributed by atoms with van der Waals surface area (Å²) in [5.41, 5.74) is 5.81. The van der Waals surface area contributed by atoms with Gasteiger partial charge < -0.3 is 10.3 Å². The maximum absolute atomic E-state index is 13.1. The molecule has 1 atom stereocenters. The molecule has 0 saturated heterocycles. The summed E-state index contributed by atoms with van der Waals surface area (Å²) in [5.74, 6) is -1.05. The number of imidazole rings is 1. The van der Waals surface area contributed by atoms with Crippen LogP contribution in [0.5, 0.6) is 0 Å². The van der Waals surface area contributed by atoms with Crippen LogP contribution in [-0.4, -0.2) is 26.5 Å². The van der Waals surface area contributed by atoms with Crippen LogP contribution in [0, 0.1) is 17.0 Å². The number of nitrogens with zero attached hydrogens (tertiary/aromatic N) is 3. The molecule has 1 aliphatic heterocycles. The zero-order valence-electron chi connectivity index (χ0n) is 17.6. The van der Waals surface area contributed by atoms with Gasteiger partial charge in [0, 0.05) is 28.9 Å². The van der Waals surface area contributed by atoms with Crippen LogP contribution in [-0.2, 0) is 4.79 Å². The van der Waals surface area contributed by atoms with E-state index in [1.165, 1.54) is 12.1 Å². The lowest BCUT2D eigenvalue weighted by Gasteiger charge is -2.14. The Labute approximate surface area is 189 Å². The third-order valence-corrected chi connectivity index (χ3v) is 5.60. The maximum atomic E-state index is 13.1. The molecule has 2 heterocycles. The van der Waals surface area contributed by atoms with Crippen LogP contribution < -0.4 is 5.32 Å². The standard InChI is InChI=1S/C25H19N5O3/c1-15-5-7-16(8-6-15)24(28-18-4-2-3-17(11-18)22-13-26-14-27-22)23-20-12-19(30(32)33)9-10-21(20)29-25(23)31/h2-14,23H,1H3,(H,26,27)(H,29,31). The Balaban J connectivity index is 1.67. The first-order chi connectivity index (χ1) is 16.0. The van der Waals surface area contributed by atoms with Gasteiger partial charge in [0.2, 0.25) is 5.91 Å². The second kappa shape index (κ2) is 8.16. The zero-order valence-corrected chi connectivity index (χ0v) is 17.6. The molecular formula is C25H19N5O3. The van der Waals surface area contributed by atoms with E-state index in [9.17, 15) is 14.9 Å². The lowest BCUT2D eigenvalue weighted by atomic mass is 9.90. The Morgan fingerprint density at radius 2 is 1.91 bits per heavy atom. The molecule has 0 aliphatic carbocycles. The van der Waals surface area contributed by atoms with E-state index in [1.807, 2.05) is 55.5 Å². The van der Waals surface area contributed by atoms with Gasteiger partial charge in [0.15, 0.2) is 0 Å². The first-order valence-corrected chi connectivity index (χ1v) is 10.3. The highest BCUT2D eigenvalue weighted by Crippen LogP contribution is 2.38. The van der Waals surface area contributed by atoms with Crippen molar-refractivity contribution in [3.63, 3.8) is 0 Å². The van der Waals surface area contributed by atoms with Crippen molar-refractivity contribution >= 4 is 28.7 Å². The summed E-state index contributed by atoms with van der Waals surface area (Å²) in [6.07, 6.45) is 3.33. The highest BCUT2D eigenvalue weighted by molar-refractivity contribution is 6.24. The fourth-order valence-corrected chi connectivity index (χ4v) is 3.95. The molecule has 3 aromatic carbocycles. The number of non-ortho nitro benzene ring substituents is 1. The molecule has 1 amide bonds. The van der Waals surface area contributed by atoms with Crippen LogP contribution >= 0.6 is 0 Å². The number of aliphatic imine (C=N–C) groups is 1. The van der Waals surface area contributed by atoms with Gasteiger partial charge in [-0.2, -0.15) is 0 Å². The smallest absolute Gasteiger partial charge is 0.269 e. The number of H-pyrrole nitrogens is 1. The number of rotatable bonds is 5. The van der Waals surface area contributed by atoms with Gasteiger partial charge in [-0.3, -0.25) is 19.9 Å². The summed E-state index contributed by atoms with van der Waals surface area (Å²) in [5, 5.41) is 14.2. The number of carbonyl (C=O) groups is 1. The SMILES string of the molecule is Cc1ccc(C(=Nc2cccc(-c3cnc[nH]3)c2)C2C(=O)Nc3ccc([N+](=O)[O-])cc32)cc1. The number of nitro groups is 1. The minimum atomic E-state index is -0.779. The summed E-state index contributed by atoms with van der Waals surface area (Å²) in [6, 6.07) is 19.7. The van der Waals surface area contributed by atoms with E-state index < -0.39 is 10.8 Å². The molecule has 0 fully saturated rings. The number of aromatic amines is 1. The second-order valence-electron chi connectivity index (χ2n) is 7.83.